The molecule has 2 aromatic carbocycles. The average molecular weight is 577 g/mol. The van der Waals surface area contributed by atoms with Crippen molar-refractivity contribution in [1.29, 1.82) is 0 Å². The lowest BCUT2D eigenvalue weighted by molar-refractivity contribution is -0.194. The zero-order valence-electron chi connectivity index (χ0n) is 24.8. The Kier molecular flexibility index (Phi) is 5.88. The number of hydrogen-bond acceptors (Lipinski definition) is 10. The van der Waals surface area contributed by atoms with Crippen LogP contribution in [0.1, 0.15) is 35.7 Å². The van der Waals surface area contributed by atoms with Crippen molar-refractivity contribution < 1.29 is 38.0 Å². The average Bonchev–Trinajstić information content (AvgIpc) is 3.64. The van der Waals surface area contributed by atoms with Crippen LogP contribution in [0.4, 0.5) is 5.69 Å². The number of methoxy groups -OCH3 is 4. The molecule has 0 radical (unpaired) electrons. The molecular formula is C32H36N2O8. The lowest BCUT2D eigenvalue weighted by Gasteiger charge is -2.65. The number of likely N-dealkylation sites (N-methyl/N-ethyl adjacent to an activating group) is 1. The molecule has 0 aromatic heterocycles. The zero-order valence-corrected chi connectivity index (χ0v) is 24.8. The van der Waals surface area contributed by atoms with Crippen LogP contribution >= 0.6 is 0 Å². The number of carbonyl (C=O) groups is 2. The summed E-state index contributed by atoms with van der Waals surface area (Å²) in [6.45, 7) is 2.52. The van der Waals surface area contributed by atoms with Crippen LogP contribution in [0.5, 0.6) is 17.2 Å². The Morgan fingerprint density at radius 2 is 1.83 bits per heavy atom. The Labute approximate surface area is 245 Å². The highest BCUT2D eigenvalue weighted by Gasteiger charge is 2.88. The molecule has 1 saturated carbocycles. The monoisotopic (exact) mass is 576 g/mol. The Morgan fingerprint density at radius 1 is 1.05 bits per heavy atom. The van der Waals surface area contributed by atoms with Crippen LogP contribution in [0.2, 0.25) is 0 Å². The van der Waals surface area contributed by atoms with Crippen LogP contribution in [0.3, 0.4) is 0 Å². The van der Waals surface area contributed by atoms with E-state index in [1.807, 2.05) is 32.2 Å². The van der Waals surface area contributed by atoms with Gasteiger partial charge in [-0.05, 0) is 55.3 Å². The number of fused-ring (bicyclic) bond motifs is 4. The maximum absolute atomic E-state index is 14.5. The van der Waals surface area contributed by atoms with Crippen molar-refractivity contribution in [2.24, 2.45) is 11.3 Å². The summed E-state index contributed by atoms with van der Waals surface area (Å²) in [5.74, 6) is 0.414. The van der Waals surface area contributed by atoms with Gasteiger partial charge in [-0.15, -0.1) is 0 Å². The third-order valence-corrected chi connectivity index (χ3v) is 10.8. The number of carbonyl (C=O) groups excluding carboxylic acids is 2. The van der Waals surface area contributed by atoms with Crippen molar-refractivity contribution in [2.75, 3.05) is 53.5 Å². The quantitative estimate of drug-likeness (QED) is 0.360. The molecule has 10 nitrogen and oxygen atoms in total. The second-order valence-corrected chi connectivity index (χ2v) is 11.8. The summed E-state index contributed by atoms with van der Waals surface area (Å²) in [6, 6.07) is 10.9. The summed E-state index contributed by atoms with van der Waals surface area (Å²) < 4.78 is 35.4. The fourth-order valence-corrected chi connectivity index (χ4v) is 9.14. The molecule has 3 saturated heterocycles. The number of anilines is 1. The van der Waals surface area contributed by atoms with E-state index < -0.39 is 28.5 Å². The number of nitrogens with zero attached hydrogens (tertiary/aromatic N) is 2. The summed E-state index contributed by atoms with van der Waals surface area (Å²) in [5.41, 5.74) is 0.389. The normalized spacial score (nSPS) is 34.3. The Hall–Kier alpha value is -3.76. The van der Waals surface area contributed by atoms with Gasteiger partial charge in [-0.25, -0.2) is 4.79 Å². The van der Waals surface area contributed by atoms with Gasteiger partial charge in [0, 0.05) is 31.6 Å². The summed E-state index contributed by atoms with van der Waals surface area (Å²) in [5, 5.41) is 0. The minimum atomic E-state index is -1.26. The lowest BCUT2D eigenvalue weighted by Crippen LogP contribution is -2.80. The molecule has 4 aliphatic heterocycles. The second kappa shape index (κ2) is 9.12. The van der Waals surface area contributed by atoms with Gasteiger partial charge in [0.1, 0.15) is 24.0 Å². The van der Waals surface area contributed by atoms with Gasteiger partial charge in [0.05, 0.1) is 45.5 Å². The predicted molar refractivity (Wildman–Crippen MR) is 152 cm³/mol. The van der Waals surface area contributed by atoms with Crippen LogP contribution in [-0.2, 0) is 24.4 Å². The molecule has 1 spiro atoms. The van der Waals surface area contributed by atoms with Gasteiger partial charge in [-0.3, -0.25) is 9.69 Å². The first-order valence-corrected chi connectivity index (χ1v) is 14.3. The van der Waals surface area contributed by atoms with E-state index in [1.54, 1.807) is 25.3 Å². The highest BCUT2D eigenvalue weighted by molar-refractivity contribution is 5.91. The molecule has 4 bridgehead atoms. The van der Waals surface area contributed by atoms with Crippen LogP contribution in [0.15, 0.2) is 48.0 Å². The second-order valence-electron chi connectivity index (χ2n) is 11.8. The van der Waals surface area contributed by atoms with Gasteiger partial charge >= 0.3 is 11.9 Å². The minimum Gasteiger partial charge on any atom is -0.497 e. The number of esters is 2. The topological polar surface area (TPSA) is 96.0 Å². The van der Waals surface area contributed by atoms with Gasteiger partial charge < -0.3 is 33.3 Å². The van der Waals surface area contributed by atoms with Gasteiger partial charge in [-0.2, -0.15) is 0 Å². The lowest BCUT2D eigenvalue weighted by atomic mass is 9.42. The Morgan fingerprint density at radius 3 is 2.52 bits per heavy atom. The third kappa shape index (κ3) is 2.92. The van der Waals surface area contributed by atoms with Crippen LogP contribution < -0.4 is 19.1 Å². The molecular weight excluding hydrogens is 540 g/mol. The van der Waals surface area contributed by atoms with E-state index in [1.165, 1.54) is 21.3 Å². The molecule has 2 aromatic rings. The summed E-state index contributed by atoms with van der Waals surface area (Å²) in [4.78, 5) is 32.9. The fraction of sp³-hybridized carbons (Fsp3) is 0.500. The summed E-state index contributed by atoms with van der Waals surface area (Å²) >= 11 is 0. The van der Waals surface area contributed by atoms with Crippen LogP contribution in [0, 0.1) is 11.3 Å². The maximum atomic E-state index is 14.5. The molecule has 5 aliphatic rings. The highest BCUT2D eigenvalue weighted by Crippen LogP contribution is 2.78. The number of ether oxygens (including phenoxy) is 6. The highest BCUT2D eigenvalue weighted by atomic mass is 16.6. The van der Waals surface area contributed by atoms with E-state index in [0.29, 0.717) is 42.2 Å². The molecule has 42 heavy (non-hydrogen) atoms. The molecule has 222 valence electrons. The Balaban J connectivity index is 1.42. The van der Waals surface area contributed by atoms with E-state index in [2.05, 4.69) is 15.9 Å². The zero-order chi connectivity index (χ0) is 29.6. The largest absolute Gasteiger partial charge is 0.497 e. The molecule has 6 atom stereocenters. The van der Waals surface area contributed by atoms with Crippen molar-refractivity contribution in [3.63, 3.8) is 0 Å². The van der Waals surface area contributed by atoms with Crippen molar-refractivity contribution in [3.05, 3.63) is 59.2 Å². The predicted octanol–water partition coefficient (Wildman–Crippen LogP) is 3.52. The van der Waals surface area contributed by atoms with Gasteiger partial charge in [-0.1, -0.05) is 11.6 Å². The molecule has 1 aliphatic carbocycles. The number of allylic oxidation sites excluding steroid dienone is 1. The fourth-order valence-electron chi connectivity index (χ4n) is 9.14. The minimum absolute atomic E-state index is 0.0488. The van der Waals surface area contributed by atoms with Crippen molar-refractivity contribution in [2.45, 2.75) is 43.2 Å². The molecule has 4 heterocycles. The van der Waals surface area contributed by atoms with Crippen molar-refractivity contribution in [3.8, 4) is 17.2 Å². The van der Waals surface area contributed by atoms with Crippen molar-refractivity contribution in [1.82, 2.24) is 4.90 Å². The van der Waals surface area contributed by atoms with Gasteiger partial charge in [0.2, 0.25) is 0 Å². The summed E-state index contributed by atoms with van der Waals surface area (Å²) in [7, 11) is 8.15. The number of rotatable bonds is 7. The standard InChI is InChI=1S/C32H36N2O8/c1-7-18-16-34-26-14-21(18)30(29(36)40-6,17-41-28(35)19-8-11-24(38-4)25(12-19)39-5)31-15-27(34)42-32(26,31)33(2)23-10-9-20(37-3)13-22(23)31/h7-13,21,26-27H,14-17H2,1-6H3/t21-,26-,27-,30-,31-,32-/m0/s1. The molecule has 4 fully saturated rings. The van der Waals surface area contributed by atoms with Crippen LogP contribution in [-0.4, -0.2) is 83.5 Å². The number of hydrogen-bond donors (Lipinski definition) is 0. The Bertz CT molecular complexity index is 1520. The number of piperidine rings is 2. The molecule has 0 N–H and O–H groups in total. The van der Waals surface area contributed by atoms with Crippen molar-refractivity contribution >= 4 is 17.6 Å². The van der Waals surface area contributed by atoms with E-state index in [4.69, 9.17) is 28.4 Å². The maximum Gasteiger partial charge on any atom is 0.338 e. The molecule has 0 unspecified atom stereocenters. The summed E-state index contributed by atoms with van der Waals surface area (Å²) in [6.07, 6.45) is 3.14. The smallest absolute Gasteiger partial charge is 0.338 e. The molecule has 0 amide bonds. The van der Waals surface area contributed by atoms with E-state index in [0.717, 1.165) is 16.8 Å². The van der Waals surface area contributed by atoms with E-state index in [9.17, 15) is 9.59 Å². The first-order valence-electron chi connectivity index (χ1n) is 14.3. The third-order valence-electron chi connectivity index (χ3n) is 10.8. The molecule has 7 rings (SSSR count). The van der Waals surface area contributed by atoms with Gasteiger partial charge in [0.15, 0.2) is 17.2 Å². The number of benzene rings is 2. The first-order chi connectivity index (χ1) is 20.3. The first kappa shape index (κ1) is 27.1. The SMILES string of the molecule is CC=C1CN2[C@@H]3C[C@@]45c6cc(OC)ccc6N(C)[C@]4(O3)[C@@H]2C[C@@H]1[C@@]5(COC(=O)c1ccc(OC)c(OC)c1)C(=O)OC. The van der Waals surface area contributed by atoms with Gasteiger partial charge in [0.25, 0.3) is 0 Å². The van der Waals surface area contributed by atoms with E-state index >= 15 is 0 Å². The van der Waals surface area contributed by atoms with Crippen LogP contribution in [0.25, 0.3) is 0 Å². The van der Waals surface area contributed by atoms with E-state index in [-0.39, 0.29) is 24.8 Å². The molecule has 10 heteroatoms.